The average Bonchev–Trinajstić information content (AvgIpc) is 3.73. The number of carbonyl (C=O) groups is 2. The molecular formula is C46H44Cl2N6O5. The molecule has 0 spiro atoms. The molecule has 1 aliphatic heterocycles. The minimum absolute atomic E-state index is 0.0753. The summed E-state index contributed by atoms with van der Waals surface area (Å²) in [5.41, 5.74) is 10.2. The molecule has 3 aromatic carbocycles. The first-order chi connectivity index (χ1) is 28.3. The van der Waals surface area contributed by atoms with Crippen LogP contribution in [0, 0.1) is 34.6 Å². The lowest BCUT2D eigenvalue weighted by Gasteiger charge is -2.35. The summed E-state index contributed by atoms with van der Waals surface area (Å²) in [6.45, 7) is 12.7. The Hall–Kier alpha value is -5.91. The van der Waals surface area contributed by atoms with E-state index in [-0.39, 0.29) is 30.7 Å². The second-order valence-corrected chi connectivity index (χ2v) is 16.1. The Morgan fingerprint density at radius 2 is 1.63 bits per heavy atom. The minimum atomic E-state index is -1.09. The number of ether oxygens (including phenoxy) is 2. The minimum Gasteiger partial charge on any atom is -0.497 e. The molecule has 0 saturated carbocycles. The number of aromatic carboxylic acids is 1. The van der Waals surface area contributed by atoms with Crippen LogP contribution in [-0.2, 0) is 13.0 Å². The van der Waals surface area contributed by atoms with Crippen LogP contribution >= 0.6 is 23.2 Å². The Morgan fingerprint density at radius 1 is 0.898 bits per heavy atom. The molecule has 13 heteroatoms. The molecule has 0 saturated heterocycles. The molecule has 59 heavy (non-hydrogen) atoms. The van der Waals surface area contributed by atoms with Crippen molar-refractivity contribution in [3.05, 3.63) is 128 Å². The number of nitrogens with zero attached hydrogens (tertiary/aromatic N) is 6. The van der Waals surface area contributed by atoms with Gasteiger partial charge in [0.25, 0.3) is 5.91 Å². The third-order valence-corrected chi connectivity index (χ3v) is 12.2. The number of carboxylic acids is 1. The Bertz CT molecular complexity index is 2800. The SMILES string of the molecule is COc1cc(N2CC(C)n3c(c(CCCOc4cc(C)c(Cl)c(C)c4)c4ccc(Cl)c(-c5c(C)ncnc5C)c43)C2=O)c2c(c1)cc(C(=O)O)n2Cc1cc(C)ccn1. The summed E-state index contributed by atoms with van der Waals surface area (Å²) in [7, 11) is 1.56. The van der Waals surface area contributed by atoms with Crippen molar-refractivity contribution < 1.29 is 24.2 Å². The van der Waals surface area contributed by atoms with Crippen molar-refractivity contribution in [2.75, 3.05) is 25.2 Å². The molecule has 1 amide bonds. The van der Waals surface area contributed by atoms with E-state index in [9.17, 15) is 9.90 Å². The number of amides is 1. The fraction of sp³-hybridized carbons (Fsp3) is 0.283. The number of carbonyl (C=O) groups excluding carboxylic acids is 1. The van der Waals surface area contributed by atoms with Gasteiger partial charge in [0, 0.05) is 63.2 Å². The zero-order valence-electron chi connectivity index (χ0n) is 34.0. The van der Waals surface area contributed by atoms with Gasteiger partial charge in [0.15, 0.2) is 0 Å². The predicted octanol–water partition coefficient (Wildman–Crippen LogP) is 10.3. The largest absolute Gasteiger partial charge is 0.497 e. The van der Waals surface area contributed by atoms with Crippen LogP contribution in [0.3, 0.4) is 0 Å². The molecule has 11 nitrogen and oxygen atoms in total. The van der Waals surface area contributed by atoms with E-state index in [1.165, 1.54) is 0 Å². The van der Waals surface area contributed by atoms with Gasteiger partial charge in [0.1, 0.15) is 29.2 Å². The fourth-order valence-electron chi connectivity index (χ4n) is 8.63. The molecule has 0 bridgehead atoms. The van der Waals surface area contributed by atoms with Crippen LogP contribution in [0.25, 0.3) is 32.9 Å². The van der Waals surface area contributed by atoms with Gasteiger partial charge in [-0.1, -0.05) is 29.3 Å². The zero-order chi connectivity index (χ0) is 41.9. The molecule has 0 fully saturated rings. The lowest BCUT2D eigenvalue weighted by Crippen LogP contribution is -2.43. The van der Waals surface area contributed by atoms with Crippen molar-refractivity contribution >= 4 is 62.6 Å². The quantitative estimate of drug-likeness (QED) is 0.128. The maximum absolute atomic E-state index is 15.5. The molecule has 7 aromatic rings. The van der Waals surface area contributed by atoms with Crippen molar-refractivity contribution in [2.24, 2.45) is 0 Å². The van der Waals surface area contributed by atoms with E-state index in [4.69, 9.17) is 32.7 Å². The molecule has 5 heterocycles. The normalized spacial score (nSPS) is 14.0. The van der Waals surface area contributed by atoms with Crippen molar-refractivity contribution in [1.29, 1.82) is 0 Å². The van der Waals surface area contributed by atoms with Gasteiger partial charge < -0.3 is 28.6 Å². The highest BCUT2D eigenvalue weighted by Crippen LogP contribution is 2.46. The highest BCUT2D eigenvalue weighted by Gasteiger charge is 2.38. The summed E-state index contributed by atoms with van der Waals surface area (Å²) in [4.78, 5) is 43.7. The second kappa shape index (κ2) is 15.7. The lowest BCUT2D eigenvalue weighted by molar-refractivity contribution is 0.0686. The summed E-state index contributed by atoms with van der Waals surface area (Å²) >= 11 is 13.6. The Labute approximate surface area is 352 Å². The average molecular weight is 832 g/mol. The van der Waals surface area contributed by atoms with E-state index in [0.717, 1.165) is 66.4 Å². The standard InChI is InChI=1S/C46H44Cl2N6O5/c1-24-12-13-49-31(15-24)22-52-38(46(56)57)19-30-18-32(58-7)20-37(42(30)52)53-21-27(4)54-43-35(10-11-36(47)40(43)39-28(5)50-23-51-29(39)6)34(44(54)45(53)55)9-8-14-59-33-16-25(2)41(48)26(3)17-33/h10-13,15-20,23,27H,8-9,14,21-22H2,1-7H3,(H,56,57). The number of halogens is 2. The number of hydrogen-bond acceptors (Lipinski definition) is 7. The van der Waals surface area contributed by atoms with Crippen LogP contribution in [0.1, 0.15) is 79.7 Å². The number of aryl methyl sites for hydroxylation is 6. The van der Waals surface area contributed by atoms with Crippen molar-refractivity contribution in [2.45, 2.75) is 67.0 Å². The van der Waals surface area contributed by atoms with E-state index < -0.39 is 5.97 Å². The molecule has 1 unspecified atom stereocenters. The third-order valence-electron chi connectivity index (χ3n) is 11.3. The van der Waals surface area contributed by atoms with Crippen LogP contribution in [0.4, 0.5) is 5.69 Å². The van der Waals surface area contributed by atoms with Gasteiger partial charge in [-0.25, -0.2) is 14.8 Å². The smallest absolute Gasteiger partial charge is 0.352 e. The molecule has 8 rings (SSSR count). The van der Waals surface area contributed by atoms with Gasteiger partial charge in [0.2, 0.25) is 0 Å². The number of pyridine rings is 1. The molecule has 4 aromatic heterocycles. The van der Waals surface area contributed by atoms with Gasteiger partial charge in [-0.05, 0) is 119 Å². The topological polar surface area (TPSA) is 125 Å². The highest BCUT2D eigenvalue weighted by molar-refractivity contribution is 6.35. The zero-order valence-corrected chi connectivity index (χ0v) is 35.5. The Morgan fingerprint density at radius 3 is 2.31 bits per heavy atom. The maximum atomic E-state index is 15.5. The second-order valence-electron chi connectivity index (χ2n) is 15.4. The Balaban J connectivity index is 1.31. The molecule has 0 aliphatic carbocycles. The van der Waals surface area contributed by atoms with Crippen LogP contribution < -0.4 is 14.4 Å². The summed E-state index contributed by atoms with van der Waals surface area (Å²) in [5, 5.41) is 13.3. The van der Waals surface area contributed by atoms with Crippen molar-refractivity contribution in [3.8, 4) is 22.6 Å². The molecule has 302 valence electrons. The molecule has 1 N–H and O–H groups in total. The van der Waals surface area contributed by atoms with Crippen LogP contribution in [0.15, 0.2) is 67.1 Å². The number of carboxylic acid groups (broad SMARTS) is 1. The highest BCUT2D eigenvalue weighted by atomic mass is 35.5. The number of hydrogen-bond donors (Lipinski definition) is 1. The van der Waals surface area contributed by atoms with Gasteiger partial charge in [0.05, 0.1) is 47.7 Å². The first-order valence-electron chi connectivity index (χ1n) is 19.5. The number of rotatable bonds is 11. The Kier molecular flexibility index (Phi) is 10.6. The van der Waals surface area contributed by atoms with Crippen LogP contribution in [-0.4, -0.2) is 61.3 Å². The summed E-state index contributed by atoms with van der Waals surface area (Å²) in [6, 6.07) is 16.6. The number of anilines is 1. The first kappa shape index (κ1) is 39.9. The number of fused-ring (bicyclic) bond motifs is 4. The third kappa shape index (κ3) is 7.06. The number of benzene rings is 3. The van der Waals surface area contributed by atoms with Gasteiger partial charge in [-0.15, -0.1) is 0 Å². The van der Waals surface area contributed by atoms with Crippen LogP contribution in [0.2, 0.25) is 10.0 Å². The molecule has 1 aliphatic rings. The summed E-state index contributed by atoms with van der Waals surface area (Å²) < 4.78 is 15.9. The van der Waals surface area contributed by atoms with Gasteiger partial charge in [-0.2, -0.15) is 0 Å². The van der Waals surface area contributed by atoms with E-state index in [1.54, 1.807) is 41.2 Å². The monoisotopic (exact) mass is 830 g/mol. The molecular weight excluding hydrogens is 787 g/mol. The maximum Gasteiger partial charge on any atom is 0.352 e. The summed E-state index contributed by atoms with van der Waals surface area (Å²) in [5.74, 6) is -0.0897. The first-order valence-corrected chi connectivity index (χ1v) is 20.2. The van der Waals surface area contributed by atoms with E-state index in [2.05, 4.69) is 26.4 Å². The van der Waals surface area contributed by atoms with Crippen LogP contribution in [0.5, 0.6) is 11.5 Å². The summed E-state index contributed by atoms with van der Waals surface area (Å²) in [6.07, 6.45) is 4.39. The van der Waals surface area contributed by atoms with E-state index in [1.807, 2.05) is 77.1 Å². The molecule has 1 atom stereocenters. The fourth-order valence-corrected chi connectivity index (χ4v) is 8.99. The molecule has 0 radical (unpaired) electrons. The number of methoxy groups -OCH3 is 1. The van der Waals surface area contributed by atoms with Crippen molar-refractivity contribution in [1.82, 2.24) is 24.1 Å². The lowest BCUT2D eigenvalue weighted by atomic mass is 9.97. The van der Waals surface area contributed by atoms with Gasteiger partial charge in [-0.3, -0.25) is 9.78 Å². The van der Waals surface area contributed by atoms with E-state index in [0.29, 0.717) is 58.2 Å². The predicted molar refractivity (Wildman–Crippen MR) is 232 cm³/mol. The van der Waals surface area contributed by atoms with Gasteiger partial charge >= 0.3 is 5.97 Å². The van der Waals surface area contributed by atoms with E-state index >= 15 is 4.79 Å². The number of aromatic nitrogens is 5. The van der Waals surface area contributed by atoms with Crippen molar-refractivity contribution in [3.63, 3.8) is 0 Å².